The molecule has 7 heterocycles. The molecule has 146 heavy (non-hydrogen) atoms. The quantitative estimate of drug-likeness (QED) is 0.0123. The van der Waals surface area contributed by atoms with Gasteiger partial charge in [0, 0.05) is 18.3 Å². The Kier molecular flexibility index (Phi) is 32.3. The Labute approximate surface area is 822 Å². The fourth-order valence-electron chi connectivity index (χ4n) is 16.6. The number of aromatic carboxylic acids is 2. The van der Waals surface area contributed by atoms with Crippen molar-refractivity contribution in [1.29, 1.82) is 0 Å². The number of carbonyl (C=O) groups is 6. The normalized spacial score (nSPS) is 11.8. The Bertz CT molecular complexity index is 8480. The van der Waals surface area contributed by atoms with Crippen molar-refractivity contribution in [3.05, 3.63) is 460 Å². The van der Waals surface area contributed by atoms with Crippen LogP contribution in [0.1, 0.15) is 150 Å². The molecule has 0 saturated heterocycles. The standard InChI is InChI=1S/C26H16O8.C19H16O6.C18H14O5.2C17H12O5.C15H16O5/c27-22-15-5-1-3-7-17(15)33-25(31)20(22)19(13-9-11-14(12-10-13)24(29)30)21-23(28)16-6-2-4-8-18(16)34-26(21)32;1-23-25-16(20)11-14(12-7-3-2-4-8-12)17-18(21)13-9-5-6-10-15(13)24-19(17)22;19-15(20)10-13(11-6-2-1-3-7-11)16-17(21)12-8-4-5-9-14(12)23-18(16)22;18-15-11-8-4-5-9-12(11)22-17(21)14(15)13(16(19)20)10-6-2-1-3-7-10;18-15-12-3-1-2-4-14(12)22-17(21)13(15)9-10-5-7-11(8-6-10)16(19)20;1-3-9(14(17)19-4-2)12-13(16)10-7-5-6-8-11(10)20-15(12)18/h1-12,19,27-28H,(H,29,30);2-10,14,21H,11H2,1H3;1-9,13,21H,10H2,(H,19,20);1-9,13,18H,(H,19,20);1-8,18H,9H2,(H,19,20);5-9,16H,3-4H2,1-2H3. The van der Waals surface area contributed by atoms with Gasteiger partial charge in [-0.3, -0.25) is 19.3 Å². The lowest BCUT2D eigenvalue weighted by Gasteiger charge is -2.19. The summed E-state index contributed by atoms with van der Waals surface area (Å²) in [6, 6.07) is 83.2. The number of hydrogen-bond acceptors (Lipinski definition) is 30. The SMILES string of the molecule is CCOC(=O)C(CC)c1c(O)c2ccccc2oc1=O.COOC(=O)CC(c1ccccc1)c1c(O)c2ccccc2oc1=O.O=C(O)C(c1ccccc1)c1c(O)c2ccccc2oc1=O.O=C(O)CC(c1ccccc1)c1c(O)c2ccccc2oc1=O.O=C(O)c1ccc(C(c2c(O)c3ccccc3oc2=O)c2c(O)c3ccccc3oc2=O)cc1.O=C(O)c1ccc(Cc2c(O)c3ccccc3oc2=O)cc1. The zero-order valence-corrected chi connectivity index (χ0v) is 77.2. The van der Waals surface area contributed by atoms with Crippen LogP contribution in [0.2, 0.25) is 0 Å². The Balaban J connectivity index is 0.000000140. The van der Waals surface area contributed by atoms with Crippen LogP contribution in [0.5, 0.6) is 40.2 Å². The van der Waals surface area contributed by atoms with Crippen LogP contribution in [0.25, 0.3) is 76.8 Å². The highest BCUT2D eigenvalue weighted by Gasteiger charge is 2.36. The van der Waals surface area contributed by atoms with Crippen LogP contribution in [0.4, 0.5) is 0 Å². The second-order valence-corrected chi connectivity index (χ2v) is 32.4. The fraction of sp³-hybridized carbons (Fsp3) is 0.116. The van der Waals surface area contributed by atoms with Crippen molar-refractivity contribution in [3.63, 3.8) is 0 Å². The highest BCUT2D eigenvalue weighted by atomic mass is 17.2. The number of fused-ring (bicyclic) bond motifs is 7. The molecule has 0 aliphatic rings. The number of aromatic hydroxyl groups is 7. The van der Waals surface area contributed by atoms with Gasteiger partial charge in [0.05, 0.1) is 126 Å². The van der Waals surface area contributed by atoms with Crippen LogP contribution in [0.3, 0.4) is 0 Å². The van der Waals surface area contributed by atoms with E-state index in [0.29, 0.717) is 61.2 Å². The highest BCUT2D eigenvalue weighted by molar-refractivity contribution is 5.94. The van der Waals surface area contributed by atoms with E-state index in [2.05, 4.69) is 9.78 Å². The molecule has 0 aliphatic carbocycles. The number of carbonyl (C=O) groups excluding carboxylic acids is 2. The summed E-state index contributed by atoms with van der Waals surface area (Å²) in [5, 5.41) is 114. The molecule has 0 saturated carbocycles. The van der Waals surface area contributed by atoms with Crippen LogP contribution in [0.15, 0.2) is 374 Å². The van der Waals surface area contributed by atoms with E-state index < -0.39 is 116 Å². The van der Waals surface area contributed by atoms with Crippen molar-refractivity contribution in [2.24, 2.45) is 0 Å². The van der Waals surface area contributed by atoms with Gasteiger partial charge in [0.15, 0.2) is 0 Å². The molecule has 4 unspecified atom stereocenters. The highest BCUT2D eigenvalue weighted by Crippen LogP contribution is 2.45. The van der Waals surface area contributed by atoms with Gasteiger partial charge in [-0.1, -0.05) is 207 Å². The topological polar surface area (TPSA) is 564 Å². The molecule has 34 heteroatoms. The zero-order chi connectivity index (χ0) is 104. The molecule has 34 nitrogen and oxygen atoms in total. The minimum absolute atomic E-state index is 0.0120. The van der Waals surface area contributed by atoms with Crippen molar-refractivity contribution in [1.82, 2.24) is 0 Å². The molecular weight excluding hydrogens is 1890 g/mol. The van der Waals surface area contributed by atoms with E-state index in [1.165, 1.54) is 55.6 Å². The van der Waals surface area contributed by atoms with Crippen LogP contribution in [0, 0.1) is 0 Å². The van der Waals surface area contributed by atoms with Crippen molar-refractivity contribution in [3.8, 4) is 40.2 Å². The van der Waals surface area contributed by atoms with Gasteiger partial charge in [0.1, 0.15) is 85.2 Å². The van der Waals surface area contributed by atoms with E-state index >= 15 is 0 Å². The summed E-state index contributed by atoms with van der Waals surface area (Å²) in [4.78, 5) is 165. The Morgan fingerprint density at radius 1 is 0.301 bits per heavy atom. The third-order valence-corrected chi connectivity index (χ3v) is 23.5. The van der Waals surface area contributed by atoms with Crippen LogP contribution in [-0.2, 0) is 40.1 Å². The minimum atomic E-state index is -1.32. The Morgan fingerprint density at radius 2 is 0.589 bits per heavy atom. The number of para-hydroxylation sites is 7. The lowest BCUT2D eigenvalue weighted by Crippen LogP contribution is -2.21. The summed E-state index contributed by atoms with van der Waals surface area (Å²) in [5.41, 5.74) is -1.70. The van der Waals surface area contributed by atoms with E-state index in [-0.39, 0.29) is 155 Å². The smallest absolute Gasteiger partial charge is 0.344 e. The van der Waals surface area contributed by atoms with E-state index in [4.69, 9.17) is 40.8 Å². The number of carboxylic acid groups (broad SMARTS) is 4. The summed E-state index contributed by atoms with van der Waals surface area (Å²) in [6.07, 6.45) is 0.00355. The molecule has 12 aromatic carbocycles. The van der Waals surface area contributed by atoms with Crippen LogP contribution >= 0.6 is 0 Å². The molecule has 11 N–H and O–H groups in total. The molecule has 738 valence electrons. The number of esters is 1. The molecule has 4 atom stereocenters. The summed E-state index contributed by atoms with van der Waals surface area (Å²) in [7, 11) is 1.22. The van der Waals surface area contributed by atoms with E-state index in [9.17, 15) is 113 Å². The molecule has 0 spiro atoms. The number of carboxylic acids is 4. The predicted molar refractivity (Wildman–Crippen MR) is 532 cm³/mol. The second-order valence-electron chi connectivity index (χ2n) is 32.4. The van der Waals surface area contributed by atoms with Crippen LogP contribution in [-0.4, -0.2) is 106 Å². The number of aliphatic carboxylic acids is 2. The molecule has 0 bridgehead atoms. The first kappa shape index (κ1) is 102. The maximum Gasteiger partial charge on any atom is 0.344 e. The maximum absolute atomic E-state index is 13.1. The summed E-state index contributed by atoms with van der Waals surface area (Å²) >= 11 is 0. The van der Waals surface area contributed by atoms with Gasteiger partial charge < -0.3 is 91.8 Å². The second kappa shape index (κ2) is 46.1. The number of benzene rings is 12. The Morgan fingerprint density at radius 3 is 0.925 bits per heavy atom. The molecule has 0 aliphatic heterocycles. The van der Waals surface area contributed by atoms with Gasteiger partial charge in [-0.25, -0.2) is 47.9 Å². The molecule has 0 amide bonds. The molecular formula is C112H86O34. The van der Waals surface area contributed by atoms with Gasteiger partial charge in [0.25, 0.3) is 0 Å². The zero-order valence-electron chi connectivity index (χ0n) is 77.2. The summed E-state index contributed by atoms with van der Waals surface area (Å²) < 4.78 is 41.8. The molecule has 7 aromatic heterocycles. The lowest BCUT2D eigenvalue weighted by molar-refractivity contribution is -0.255. The van der Waals surface area contributed by atoms with E-state index in [1.807, 2.05) is 6.07 Å². The van der Waals surface area contributed by atoms with Crippen molar-refractivity contribution in [2.45, 2.75) is 69.1 Å². The minimum Gasteiger partial charge on any atom is -0.507 e. The maximum atomic E-state index is 13.1. The fourth-order valence-corrected chi connectivity index (χ4v) is 16.6. The van der Waals surface area contributed by atoms with Gasteiger partial charge in [-0.05, 0) is 150 Å². The number of ether oxygens (including phenoxy) is 1. The number of hydrogen-bond donors (Lipinski definition) is 11. The van der Waals surface area contributed by atoms with E-state index in [0.717, 1.165) is 0 Å². The van der Waals surface area contributed by atoms with Gasteiger partial charge in [-0.15, -0.1) is 0 Å². The van der Waals surface area contributed by atoms with Crippen molar-refractivity contribution < 1.29 is 130 Å². The third kappa shape index (κ3) is 22.7. The Hall–Kier alpha value is -19.5. The predicted octanol–water partition coefficient (Wildman–Crippen LogP) is 18.5. The molecule has 0 fully saturated rings. The largest absolute Gasteiger partial charge is 0.507 e. The monoisotopic (exact) mass is 1970 g/mol. The van der Waals surface area contributed by atoms with E-state index in [1.54, 1.807) is 269 Å². The van der Waals surface area contributed by atoms with Gasteiger partial charge in [0.2, 0.25) is 0 Å². The van der Waals surface area contributed by atoms with Gasteiger partial charge in [-0.2, -0.15) is 4.89 Å². The average molecular weight is 1980 g/mol. The van der Waals surface area contributed by atoms with Crippen LogP contribution < -0.4 is 39.4 Å². The first-order valence-electron chi connectivity index (χ1n) is 44.7. The van der Waals surface area contributed by atoms with Gasteiger partial charge >= 0.3 is 75.2 Å². The molecule has 19 aromatic rings. The summed E-state index contributed by atoms with van der Waals surface area (Å²) in [5.74, 6) is -12.6. The number of rotatable bonds is 23. The molecule has 19 rings (SSSR count). The van der Waals surface area contributed by atoms with Crippen molar-refractivity contribution in [2.75, 3.05) is 13.7 Å². The molecule has 0 radical (unpaired) electrons. The lowest BCUT2D eigenvalue weighted by atomic mass is 9.84. The first-order valence-corrected chi connectivity index (χ1v) is 44.7. The van der Waals surface area contributed by atoms with Crippen molar-refractivity contribution >= 4 is 113 Å². The average Bonchev–Trinajstić information content (AvgIpc) is 0.724. The first-order chi connectivity index (χ1) is 70.3. The summed E-state index contributed by atoms with van der Waals surface area (Å²) in [6.45, 7) is 3.65. The third-order valence-electron chi connectivity index (χ3n) is 23.5.